The molecule has 0 saturated carbocycles. The van der Waals surface area contributed by atoms with Crippen molar-refractivity contribution in [2.45, 2.75) is 32.9 Å². The van der Waals surface area contributed by atoms with Gasteiger partial charge in [0.25, 0.3) is 0 Å². The highest BCUT2D eigenvalue weighted by Gasteiger charge is 1.99. The third-order valence-corrected chi connectivity index (χ3v) is 2.79. The SMILES string of the molecule is CC(C)c1ccc(CNCc2cnoc2)cc1. The molecule has 0 aliphatic rings. The van der Waals surface area contributed by atoms with Crippen molar-refractivity contribution in [3.63, 3.8) is 0 Å². The first-order chi connectivity index (χ1) is 8.25. The number of rotatable bonds is 5. The maximum Gasteiger partial charge on any atom is 0.128 e. The highest BCUT2D eigenvalue weighted by molar-refractivity contribution is 5.24. The van der Waals surface area contributed by atoms with Crippen LogP contribution in [0.1, 0.15) is 36.5 Å². The predicted octanol–water partition coefficient (Wildman–Crippen LogP) is 3.09. The summed E-state index contributed by atoms with van der Waals surface area (Å²) in [7, 11) is 0. The van der Waals surface area contributed by atoms with Gasteiger partial charge in [0.2, 0.25) is 0 Å². The fourth-order valence-corrected chi connectivity index (χ4v) is 1.69. The normalized spacial score (nSPS) is 11.0. The van der Waals surface area contributed by atoms with E-state index in [4.69, 9.17) is 4.52 Å². The monoisotopic (exact) mass is 230 g/mol. The number of hydrogen-bond acceptors (Lipinski definition) is 3. The molecule has 0 aliphatic carbocycles. The lowest BCUT2D eigenvalue weighted by molar-refractivity contribution is 0.418. The fourth-order valence-electron chi connectivity index (χ4n) is 1.69. The summed E-state index contributed by atoms with van der Waals surface area (Å²) >= 11 is 0. The van der Waals surface area contributed by atoms with E-state index in [1.807, 2.05) is 0 Å². The van der Waals surface area contributed by atoms with Crippen LogP contribution in [0, 0.1) is 0 Å². The number of benzene rings is 1. The van der Waals surface area contributed by atoms with Crippen LogP contribution in [0.2, 0.25) is 0 Å². The Bertz CT molecular complexity index is 432. The average Bonchev–Trinajstić information content (AvgIpc) is 2.83. The van der Waals surface area contributed by atoms with Crippen molar-refractivity contribution in [2.24, 2.45) is 0 Å². The molecule has 0 bridgehead atoms. The Morgan fingerprint density at radius 1 is 1.12 bits per heavy atom. The van der Waals surface area contributed by atoms with Crippen molar-refractivity contribution < 1.29 is 4.52 Å². The van der Waals surface area contributed by atoms with E-state index in [1.54, 1.807) is 12.5 Å². The summed E-state index contributed by atoms with van der Waals surface area (Å²) in [5.74, 6) is 0.592. The minimum Gasteiger partial charge on any atom is -0.364 e. The highest BCUT2D eigenvalue weighted by Crippen LogP contribution is 2.14. The van der Waals surface area contributed by atoms with E-state index in [-0.39, 0.29) is 0 Å². The first-order valence-corrected chi connectivity index (χ1v) is 5.93. The molecule has 1 aromatic heterocycles. The first-order valence-electron chi connectivity index (χ1n) is 5.93. The Balaban J connectivity index is 1.83. The molecule has 3 nitrogen and oxygen atoms in total. The van der Waals surface area contributed by atoms with Gasteiger partial charge in [-0.1, -0.05) is 43.3 Å². The second-order valence-electron chi connectivity index (χ2n) is 4.53. The zero-order valence-electron chi connectivity index (χ0n) is 10.3. The zero-order chi connectivity index (χ0) is 12.1. The van der Waals surface area contributed by atoms with E-state index in [1.165, 1.54) is 11.1 Å². The van der Waals surface area contributed by atoms with Gasteiger partial charge in [-0.25, -0.2) is 0 Å². The van der Waals surface area contributed by atoms with Crippen molar-refractivity contribution in [3.05, 3.63) is 53.4 Å². The van der Waals surface area contributed by atoms with E-state index in [2.05, 4.69) is 48.6 Å². The van der Waals surface area contributed by atoms with Crippen molar-refractivity contribution in [1.82, 2.24) is 10.5 Å². The molecule has 0 amide bonds. The molecule has 17 heavy (non-hydrogen) atoms. The van der Waals surface area contributed by atoms with Gasteiger partial charge in [-0.3, -0.25) is 0 Å². The summed E-state index contributed by atoms with van der Waals surface area (Å²) in [4.78, 5) is 0. The second-order valence-corrected chi connectivity index (χ2v) is 4.53. The molecule has 0 unspecified atom stereocenters. The Hall–Kier alpha value is -1.61. The van der Waals surface area contributed by atoms with E-state index in [0.29, 0.717) is 5.92 Å². The molecular formula is C14H18N2O. The maximum atomic E-state index is 4.77. The van der Waals surface area contributed by atoms with Crippen molar-refractivity contribution in [2.75, 3.05) is 0 Å². The van der Waals surface area contributed by atoms with Crippen LogP contribution in [0.3, 0.4) is 0 Å². The molecule has 1 heterocycles. The number of aromatic nitrogens is 1. The molecule has 2 rings (SSSR count). The lowest BCUT2D eigenvalue weighted by Crippen LogP contribution is -2.12. The third kappa shape index (κ3) is 3.43. The summed E-state index contributed by atoms with van der Waals surface area (Å²) in [5, 5.41) is 7.02. The summed E-state index contributed by atoms with van der Waals surface area (Å²) < 4.78 is 4.77. The number of nitrogens with zero attached hydrogens (tertiary/aromatic N) is 1. The topological polar surface area (TPSA) is 38.1 Å². The van der Waals surface area contributed by atoms with Gasteiger partial charge in [-0.15, -0.1) is 0 Å². The molecule has 1 aromatic carbocycles. The van der Waals surface area contributed by atoms with Crippen LogP contribution in [0.4, 0.5) is 0 Å². The summed E-state index contributed by atoms with van der Waals surface area (Å²) in [6, 6.07) is 8.74. The lowest BCUT2D eigenvalue weighted by Gasteiger charge is -2.07. The van der Waals surface area contributed by atoms with Crippen LogP contribution >= 0.6 is 0 Å². The molecule has 3 heteroatoms. The van der Waals surface area contributed by atoms with E-state index in [9.17, 15) is 0 Å². The third-order valence-electron chi connectivity index (χ3n) is 2.79. The van der Waals surface area contributed by atoms with Crippen molar-refractivity contribution >= 4 is 0 Å². The van der Waals surface area contributed by atoms with Gasteiger partial charge in [-0.2, -0.15) is 0 Å². The fraction of sp³-hybridized carbons (Fsp3) is 0.357. The Morgan fingerprint density at radius 3 is 2.41 bits per heavy atom. The molecule has 0 aliphatic heterocycles. The quantitative estimate of drug-likeness (QED) is 0.857. The Labute approximate surface area is 102 Å². The minimum absolute atomic E-state index is 0.592. The van der Waals surface area contributed by atoms with Crippen LogP contribution in [0.25, 0.3) is 0 Å². The first kappa shape index (κ1) is 11.9. The largest absolute Gasteiger partial charge is 0.364 e. The van der Waals surface area contributed by atoms with Gasteiger partial charge < -0.3 is 9.84 Å². The summed E-state index contributed by atoms with van der Waals surface area (Å²) in [5.41, 5.74) is 3.75. The smallest absolute Gasteiger partial charge is 0.128 e. The molecule has 0 fully saturated rings. The highest BCUT2D eigenvalue weighted by atomic mass is 16.5. The molecule has 90 valence electrons. The van der Waals surface area contributed by atoms with Crippen molar-refractivity contribution in [3.8, 4) is 0 Å². The maximum absolute atomic E-state index is 4.77. The van der Waals surface area contributed by atoms with E-state index in [0.717, 1.165) is 18.7 Å². The predicted molar refractivity (Wildman–Crippen MR) is 67.6 cm³/mol. The van der Waals surface area contributed by atoms with E-state index < -0.39 is 0 Å². The zero-order valence-corrected chi connectivity index (χ0v) is 10.3. The summed E-state index contributed by atoms with van der Waals surface area (Å²) in [6.07, 6.45) is 3.39. The van der Waals surface area contributed by atoms with Gasteiger partial charge in [0.15, 0.2) is 0 Å². The Morgan fingerprint density at radius 2 is 1.82 bits per heavy atom. The average molecular weight is 230 g/mol. The Kier molecular flexibility index (Phi) is 3.94. The summed E-state index contributed by atoms with van der Waals surface area (Å²) in [6.45, 7) is 6.07. The standard InChI is InChI=1S/C14H18N2O/c1-11(2)14-5-3-12(4-6-14)7-15-8-13-9-16-17-10-13/h3-6,9-11,15H,7-8H2,1-2H3. The lowest BCUT2D eigenvalue weighted by atomic mass is 10.0. The van der Waals surface area contributed by atoms with Crippen molar-refractivity contribution in [1.29, 1.82) is 0 Å². The molecule has 2 aromatic rings. The van der Waals surface area contributed by atoms with Gasteiger partial charge >= 0.3 is 0 Å². The number of hydrogen-bond donors (Lipinski definition) is 1. The minimum atomic E-state index is 0.592. The second kappa shape index (κ2) is 5.64. The molecule has 0 spiro atoms. The van der Waals surface area contributed by atoms with Crippen LogP contribution in [-0.4, -0.2) is 5.16 Å². The molecule has 0 saturated heterocycles. The molecule has 0 atom stereocenters. The van der Waals surface area contributed by atoms with E-state index >= 15 is 0 Å². The van der Waals surface area contributed by atoms with Crippen LogP contribution in [0.15, 0.2) is 41.2 Å². The van der Waals surface area contributed by atoms with Gasteiger partial charge in [0, 0.05) is 18.7 Å². The molecule has 0 radical (unpaired) electrons. The number of nitrogens with one attached hydrogen (secondary N) is 1. The molecule has 1 N–H and O–H groups in total. The van der Waals surface area contributed by atoms with Crippen LogP contribution in [0.5, 0.6) is 0 Å². The van der Waals surface area contributed by atoms with Crippen LogP contribution in [-0.2, 0) is 13.1 Å². The van der Waals surface area contributed by atoms with Gasteiger partial charge in [-0.05, 0) is 17.0 Å². The van der Waals surface area contributed by atoms with Gasteiger partial charge in [0.1, 0.15) is 6.26 Å². The van der Waals surface area contributed by atoms with Gasteiger partial charge in [0.05, 0.1) is 6.20 Å². The van der Waals surface area contributed by atoms with Crippen LogP contribution < -0.4 is 5.32 Å². The molecular weight excluding hydrogens is 212 g/mol.